The van der Waals surface area contributed by atoms with Crippen molar-refractivity contribution >= 4 is 17.5 Å². The van der Waals surface area contributed by atoms with Gasteiger partial charge in [0.15, 0.2) is 17.2 Å². The Hall–Kier alpha value is -3.25. The Morgan fingerprint density at radius 1 is 1.21 bits per heavy atom. The monoisotopic (exact) mass is 541 g/mol. The van der Waals surface area contributed by atoms with Gasteiger partial charge >= 0.3 is 0 Å². The second-order valence-electron chi connectivity index (χ2n) is 12.4. The van der Waals surface area contributed by atoms with E-state index in [2.05, 4.69) is 5.32 Å². The van der Waals surface area contributed by atoms with Crippen LogP contribution in [0.5, 0.6) is 5.75 Å². The Kier molecular flexibility index (Phi) is 6.04. The quantitative estimate of drug-likeness (QED) is 0.225. The van der Waals surface area contributed by atoms with Crippen LogP contribution in [0.2, 0.25) is 0 Å². The Balaban J connectivity index is 1.59. The first-order chi connectivity index (χ1) is 18.1. The lowest BCUT2D eigenvalue weighted by Gasteiger charge is -2.45. The molecule has 39 heavy (non-hydrogen) atoms. The number of hydrogen-bond acceptors (Lipinski definition) is 10. The molecule has 0 saturated carbocycles. The first-order valence-corrected chi connectivity index (χ1v) is 13.0. The van der Waals surface area contributed by atoms with Crippen molar-refractivity contribution in [3.05, 3.63) is 51.5 Å². The lowest BCUT2D eigenvalue weighted by molar-refractivity contribution is -0.117. The smallest absolute Gasteiger partial charge is 0.253 e. The first kappa shape index (κ1) is 27.3. The van der Waals surface area contributed by atoms with E-state index in [1.165, 1.54) is 12.1 Å². The van der Waals surface area contributed by atoms with Crippen molar-refractivity contribution in [3.63, 3.8) is 0 Å². The molecule has 0 radical (unpaired) electrons. The van der Waals surface area contributed by atoms with E-state index in [-0.39, 0.29) is 47.5 Å². The third-order valence-electron chi connectivity index (χ3n) is 8.36. The molecule has 1 aromatic rings. The topological polar surface area (TPSA) is 186 Å². The number of benzene rings is 1. The van der Waals surface area contributed by atoms with Gasteiger partial charge in [0.1, 0.15) is 22.8 Å². The van der Waals surface area contributed by atoms with Crippen LogP contribution in [-0.4, -0.2) is 87.4 Å². The summed E-state index contributed by atoms with van der Waals surface area (Å²) in [5, 5.41) is 47.7. The number of phenols is 1. The molecule has 5 atom stereocenters. The van der Waals surface area contributed by atoms with E-state index in [4.69, 9.17) is 10.5 Å². The number of fused-ring (bicyclic) bond motifs is 2. The molecule has 5 rings (SSSR count). The zero-order valence-corrected chi connectivity index (χ0v) is 22.7. The fraction of sp³-hybridized carbons (Fsp3) is 0.536. The number of amides is 1. The van der Waals surface area contributed by atoms with Crippen LogP contribution >= 0.6 is 0 Å². The predicted octanol–water partition coefficient (Wildman–Crippen LogP) is 1.10. The van der Waals surface area contributed by atoms with E-state index in [9.17, 15) is 34.8 Å². The molecular weight excluding hydrogens is 506 g/mol. The van der Waals surface area contributed by atoms with Gasteiger partial charge in [0, 0.05) is 23.6 Å². The number of carbonyl (C=O) groups is 3. The van der Waals surface area contributed by atoms with Gasteiger partial charge < -0.3 is 36.2 Å². The zero-order valence-electron chi connectivity index (χ0n) is 22.7. The molecule has 210 valence electrons. The molecule has 1 amide bonds. The van der Waals surface area contributed by atoms with Crippen LogP contribution in [0.25, 0.3) is 0 Å². The highest BCUT2D eigenvalue weighted by atomic mass is 16.8. The minimum atomic E-state index is -2.40. The third-order valence-corrected chi connectivity index (χ3v) is 8.36. The molecule has 4 aliphatic rings. The number of carbonyl (C=O) groups excluding carboxylic acids is 3. The molecule has 0 aromatic heterocycles. The van der Waals surface area contributed by atoms with Crippen molar-refractivity contribution in [3.8, 4) is 5.75 Å². The summed E-state index contributed by atoms with van der Waals surface area (Å²) in [6, 6.07) is 1.93. The molecular formula is C28H35N3O8. The Bertz CT molecular complexity index is 1370. The number of nitrogens with one attached hydrogen (secondary N) is 1. The van der Waals surface area contributed by atoms with Crippen molar-refractivity contribution in [2.24, 2.45) is 23.0 Å². The number of aromatic hydroxyl groups is 1. The standard InChI is InChI=1S/C28H35N3O8/c1-26(2,3)11-30-10-17(33)13-6-7-16(32)19-14(13)8-12-9-15-21(31(4)5)23(35)20(25(29)37)28(38)27(15,39-28)24(36)18(12)22(19)34/h6-7,12,15,21,30,32,35-36,38H,8-11H2,1-5H3,(H2,29,37)/t12-,15-,21+,27-,28?/m0/s1. The predicted molar refractivity (Wildman–Crippen MR) is 139 cm³/mol. The minimum absolute atomic E-state index is 0.0376. The van der Waals surface area contributed by atoms with Crippen LogP contribution in [-0.2, 0) is 16.0 Å². The highest BCUT2D eigenvalue weighted by Crippen LogP contribution is 2.68. The van der Waals surface area contributed by atoms with Crippen LogP contribution in [0.4, 0.5) is 0 Å². The third kappa shape index (κ3) is 3.75. The number of ketones is 2. The number of ether oxygens (including phenoxy) is 1. The molecule has 1 saturated heterocycles. The van der Waals surface area contributed by atoms with E-state index >= 15 is 0 Å². The van der Waals surface area contributed by atoms with Gasteiger partial charge in [-0.05, 0) is 56.0 Å². The summed E-state index contributed by atoms with van der Waals surface area (Å²) in [6.07, 6.45) is 0.338. The van der Waals surface area contributed by atoms with Gasteiger partial charge in [-0.3, -0.25) is 19.3 Å². The second kappa shape index (κ2) is 8.62. The van der Waals surface area contributed by atoms with Crippen LogP contribution in [0.15, 0.2) is 34.8 Å². The van der Waals surface area contributed by atoms with Gasteiger partial charge in [-0.1, -0.05) is 20.8 Å². The maximum absolute atomic E-state index is 13.8. The van der Waals surface area contributed by atoms with Gasteiger partial charge in [0.25, 0.3) is 5.91 Å². The molecule has 3 aliphatic carbocycles. The van der Waals surface area contributed by atoms with Crippen LogP contribution in [0.1, 0.15) is 53.5 Å². The number of allylic oxidation sites excluding steroid dienone is 1. The average Bonchev–Trinajstić information content (AvgIpc) is 3.43. The molecule has 1 fully saturated rings. The number of primary amides is 1. The molecule has 11 heteroatoms. The summed E-state index contributed by atoms with van der Waals surface area (Å²) in [6.45, 7) is 6.77. The van der Waals surface area contributed by atoms with Crippen LogP contribution in [0, 0.1) is 17.3 Å². The van der Waals surface area contributed by atoms with Crippen LogP contribution < -0.4 is 11.1 Å². The van der Waals surface area contributed by atoms with Gasteiger partial charge in [0.2, 0.25) is 5.79 Å². The number of phenolic OH excluding ortho intramolecular Hbond substituents is 1. The lowest BCUT2D eigenvalue weighted by atomic mass is 9.60. The van der Waals surface area contributed by atoms with Crippen molar-refractivity contribution in [2.75, 3.05) is 27.2 Å². The number of Topliss-reactive ketones (excluding diaryl/α,β-unsaturated/α-hetero) is 2. The zero-order chi connectivity index (χ0) is 28.8. The molecule has 1 aliphatic heterocycles. The summed E-state index contributed by atoms with van der Waals surface area (Å²) in [5.41, 5.74) is 3.58. The summed E-state index contributed by atoms with van der Waals surface area (Å²) < 4.78 is 5.67. The number of epoxide rings is 1. The van der Waals surface area contributed by atoms with Gasteiger partial charge in [0.05, 0.1) is 18.2 Å². The Morgan fingerprint density at radius 3 is 2.46 bits per heavy atom. The summed E-state index contributed by atoms with van der Waals surface area (Å²) in [5.74, 6) is -7.12. The summed E-state index contributed by atoms with van der Waals surface area (Å²) >= 11 is 0. The number of rotatable bonds is 6. The second-order valence-corrected chi connectivity index (χ2v) is 12.4. The van der Waals surface area contributed by atoms with Gasteiger partial charge in [-0.2, -0.15) is 0 Å². The molecule has 1 spiro atoms. The van der Waals surface area contributed by atoms with E-state index < -0.39 is 58.0 Å². The molecule has 11 nitrogen and oxygen atoms in total. The highest BCUT2D eigenvalue weighted by Gasteiger charge is 2.84. The normalized spacial score (nSPS) is 31.5. The number of aliphatic hydroxyl groups is 3. The lowest BCUT2D eigenvalue weighted by Crippen LogP contribution is -2.57. The first-order valence-electron chi connectivity index (χ1n) is 13.0. The number of nitrogens with two attached hydrogens (primary N) is 1. The fourth-order valence-electron chi connectivity index (χ4n) is 6.77. The molecule has 1 heterocycles. The SMILES string of the molecule is CN(C)[C@H]1C(O)=C(C(N)=O)C2(O)O[C@@]23C(O)=C2C(=O)c4c(O)ccc(C(=O)CNCC(C)(C)C)c4C[C@H]2C[C@@H]13. The van der Waals surface area contributed by atoms with Crippen LogP contribution in [0.3, 0.4) is 0 Å². The summed E-state index contributed by atoms with van der Waals surface area (Å²) in [4.78, 5) is 40.9. The maximum Gasteiger partial charge on any atom is 0.253 e. The number of nitrogens with zero attached hydrogens (tertiary/aromatic N) is 1. The molecule has 1 unspecified atom stereocenters. The van der Waals surface area contributed by atoms with Crippen molar-refractivity contribution in [1.82, 2.24) is 10.2 Å². The molecule has 1 aromatic carbocycles. The fourth-order valence-corrected chi connectivity index (χ4v) is 6.77. The van der Waals surface area contributed by atoms with E-state index in [0.29, 0.717) is 17.7 Å². The van der Waals surface area contributed by atoms with Crippen molar-refractivity contribution in [1.29, 1.82) is 0 Å². The number of likely N-dealkylation sites (N-methyl/N-ethyl adjacent to an activating group) is 1. The largest absolute Gasteiger partial charge is 0.510 e. The average molecular weight is 542 g/mol. The summed E-state index contributed by atoms with van der Waals surface area (Å²) in [7, 11) is 3.33. The van der Waals surface area contributed by atoms with Gasteiger partial charge in [-0.15, -0.1) is 0 Å². The molecule has 7 N–H and O–H groups in total. The Labute approximate surface area is 225 Å². The van der Waals surface area contributed by atoms with E-state index in [1.807, 2.05) is 20.8 Å². The molecule has 0 bridgehead atoms. The van der Waals surface area contributed by atoms with Crippen molar-refractivity contribution in [2.45, 2.75) is 51.0 Å². The number of hydrogen-bond donors (Lipinski definition) is 6. The Morgan fingerprint density at radius 2 is 1.87 bits per heavy atom. The van der Waals surface area contributed by atoms with E-state index in [0.717, 1.165) is 0 Å². The minimum Gasteiger partial charge on any atom is -0.510 e. The maximum atomic E-state index is 13.8. The number of aliphatic hydroxyl groups excluding tert-OH is 2. The van der Waals surface area contributed by atoms with Gasteiger partial charge in [-0.25, -0.2) is 0 Å². The van der Waals surface area contributed by atoms with E-state index in [1.54, 1.807) is 19.0 Å². The van der Waals surface area contributed by atoms with Crippen molar-refractivity contribution < 1.29 is 39.5 Å². The highest BCUT2D eigenvalue weighted by molar-refractivity contribution is 6.15.